The number of nitrogens with zero attached hydrogens (tertiary/aromatic N) is 3. The Morgan fingerprint density at radius 1 is 1.32 bits per heavy atom. The highest BCUT2D eigenvalue weighted by Gasteiger charge is 2.14. The van der Waals surface area contributed by atoms with Crippen LogP contribution < -0.4 is 16.6 Å². The van der Waals surface area contributed by atoms with Gasteiger partial charge in [0.25, 0.3) is 0 Å². The molecule has 0 aliphatic carbocycles. The standard InChI is InChI=1S/C10H20N6O2S/c1-4-8-9(13-7-14-10(8)15-11)12-5-6-19(17,18)16(2)3/h7H,4-6,11H2,1-3H3,(H2,12,13,14,15). The molecule has 0 bridgehead atoms. The van der Waals surface area contributed by atoms with Gasteiger partial charge in [-0.05, 0) is 6.42 Å². The maximum Gasteiger partial charge on any atom is 0.215 e. The molecule has 0 radical (unpaired) electrons. The van der Waals surface area contributed by atoms with Crippen LogP contribution in [0.1, 0.15) is 12.5 Å². The highest BCUT2D eigenvalue weighted by molar-refractivity contribution is 7.89. The fourth-order valence-electron chi connectivity index (χ4n) is 1.50. The lowest BCUT2D eigenvalue weighted by Crippen LogP contribution is -2.28. The summed E-state index contributed by atoms with van der Waals surface area (Å²) in [6.07, 6.45) is 2.06. The molecule has 19 heavy (non-hydrogen) atoms. The van der Waals surface area contributed by atoms with Gasteiger partial charge in [0.2, 0.25) is 10.0 Å². The zero-order chi connectivity index (χ0) is 14.5. The Labute approximate surface area is 113 Å². The Hall–Kier alpha value is -1.45. The van der Waals surface area contributed by atoms with E-state index < -0.39 is 10.0 Å². The average molecular weight is 288 g/mol. The number of hydrogen-bond acceptors (Lipinski definition) is 7. The Bertz CT molecular complexity index is 517. The number of anilines is 2. The molecule has 1 aromatic rings. The van der Waals surface area contributed by atoms with Crippen LogP contribution in [-0.4, -0.2) is 49.1 Å². The molecule has 8 nitrogen and oxygen atoms in total. The van der Waals surface area contributed by atoms with E-state index in [1.807, 2.05) is 6.92 Å². The topological polar surface area (TPSA) is 113 Å². The summed E-state index contributed by atoms with van der Waals surface area (Å²) < 4.78 is 24.4. The van der Waals surface area contributed by atoms with E-state index in [0.717, 1.165) is 5.56 Å². The Morgan fingerprint density at radius 2 is 1.95 bits per heavy atom. The predicted molar refractivity (Wildman–Crippen MR) is 75.2 cm³/mol. The van der Waals surface area contributed by atoms with Crippen molar-refractivity contribution >= 4 is 21.7 Å². The minimum atomic E-state index is -3.22. The summed E-state index contributed by atoms with van der Waals surface area (Å²) >= 11 is 0. The molecule has 9 heteroatoms. The van der Waals surface area contributed by atoms with Crippen LogP contribution in [0.15, 0.2) is 6.33 Å². The molecule has 4 N–H and O–H groups in total. The van der Waals surface area contributed by atoms with Gasteiger partial charge >= 0.3 is 0 Å². The second kappa shape index (κ2) is 6.64. The fraction of sp³-hybridized carbons (Fsp3) is 0.600. The van der Waals surface area contributed by atoms with E-state index in [9.17, 15) is 8.42 Å². The molecule has 1 aromatic heterocycles. The van der Waals surface area contributed by atoms with Crippen LogP contribution in [-0.2, 0) is 16.4 Å². The maximum atomic E-state index is 11.6. The van der Waals surface area contributed by atoms with E-state index in [0.29, 0.717) is 18.1 Å². The summed E-state index contributed by atoms with van der Waals surface area (Å²) in [4.78, 5) is 8.10. The summed E-state index contributed by atoms with van der Waals surface area (Å²) in [5.41, 5.74) is 3.32. The summed E-state index contributed by atoms with van der Waals surface area (Å²) in [5.74, 6) is 6.49. The van der Waals surface area contributed by atoms with Crippen molar-refractivity contribution < 1.29 is 8.42 Å². The first kappa shape index (κ1) is 15.6. The number of hydrazine groups is 1. The van der Waals surface area contributed by atoms with Crippen molar-refractivity contribution in [1.82, 2.24) is 14.3 Å². The van der Waals surface area contributed by atoms with E-state index in [-0.39, 0.29) is 12.3 Å². The summed E-state index contributed by atoms with van der Waals surface area (Å²) in [7, 11) is -0.201. The van der Waals surface area contributed by atoms with Gasteiger partial charge in [-0.2, -0.15) is 0 Å². The molecule has 0 aliphatic rings. The SMILES string of the molecule is CCc1c(NN)ncnc1NCCS(=O)(=O)N(C)C. The number of aromatic nitrogens is 2. The molecular weight excluding hydrogens is 268 g/mol. The maximum absolute atomic E-state index is 11.6. The van der Waals surface area contributed by atoms with E-state index in [2.05, 4.69) is 20.7 Å². The largest absolute Gasteiger partial charge is 0.369 e. The van der Waals surface area contributed by atoms with Crippen molar-refractivity contribution in [1.29, 1.82) is 0 Å². The number of nitrogens with two attached hydrogens (primary N) is 1. The Balaban J connectivity index is 2.74. The number of sulfonamides is 1. The van der Waals surface area contributed by atoms with Crippen LogP contribution >= 0.6 is 0 Å². The van der Waals surface area contributed by atoms with Gasteiger partial charge in [0.05, 0.1) is 5.75 Å². The third-order valence-electron chi connectivity index (χ3n) is 2.64. The Morgan fingerprint density at radius 3 is 2.47 bits per heavy atom. The predicted octanol–water partition coefficient (Wildman–Crippen LogP) is -0.372. The second-order valence-electron chi connectivity index (χ2n) is 4.07. The molecule has 0 aromatic carbocycles. The third kappa shape index (κ3) is 4.01. The van der Waals surface area contributed by atoms with Crippen molar-refractivity contribution in [2.24, 2.45) is 5.84 Å². The minimum Gasteiger partial charge on any atom is -0.369 e. The highest BCUT2D eigenvalue weighted by atomic mass is 32.2. The van der Waals surface area contributed by atoms with Gasteiger partial charge < -0.3 is 10.7 Å². The molecule has 0 saturated heterocycles. The van der Waals surface area contributed by atoms with Crippen LogP contribution in [0.3, 0.4) is 0 Å². The van der Waals surface area contributed by atoms with Crippen LogP contribution in [0, 0.1) is 0 Å². The minimum absolute atomic E-state index is 0.00144. The van der Waals surface area contributed by atoms with Gasteiger partial charge in [-0.1, -0.05) is 6.92 Å². The van der Waals surface area contributed by atoms with Gasteiger partial charge in [-0.3, -0.25) is 0 Å². The average Bonchev–Trinajstić information content (AvgIpc) is 2.37. The molecule has 0 unspecified atom stereocenters. The van der Waals surface area contributed by atoms with Gasteiger partial charge in [0.15, 0.2) is 0 Å². The molecule has 1 heterocycles. The zero-order valence-corrected chi connectivity index (χ0v) is 12.2. The molecule has 0 spiro atoms. The lowest BCUT2D eigenvalue weighted by atomic mass is 10.2. The van der Waals surface area contributed by atoms with E-state index in [4.69, 9.17) is 5.84 Å². The quantitative estimate of drug-likeness (QED) is 0.463. The normalized spacial score (nSPS) is 11.6. The van der Waals surface area contributed by atoms with Crippen molar-refractivity contribution in [2.75, 3.05) is 37.1 Å². The van der Waals surface area contributed by atoms with Crippen molar-refractivity contribution in [2.45, 2.75) is 13.3 Å². The Kier molecular flexibility index (Phi) is 5.45. The molecule has 0 amide bonds. The molecule has 0 saturated carbocycles. The number of nitrogen functional groups attached to an aromatic ring is 1. The van der Waals surface area contributed by atoms with E-state index >= 15 is 0 Å². The zero-order valence-electron chi connectivity index (χ0n) is 11.3. The molecule has 0 fully saturated rings. The van der Waals surface area contributed by atoms with Gasteiger partial charge in [-0.15, -0.1) is 0 Å². The summed E-state index contributed by atoms with van der Waals surface area (Å²) in [6.45, 7) is 2.22. The summed E-state index contributed by atoms with van der Waals surface area (Å²) in [6, 6.07) is 0. The molecular formula is C10H20N6O2S. The monoisotopic (exact) mass is 288 g/mol. The first-order valence-electron chi connectivity index (χ1n) is 5.87. The van der Waals surface area contributed by atoms with Crippen molar-refractivity contribution in [3.05, 3.63) is 11.9 Å². The third-order valence-corrected chi connectivity index (χ3v) is 4.48. The van der Waals surface area contributed by atoms with Crippen LogP contribution in [0.5, 0.6) is 0 Å². The molecule has 0 aliphatic heterocycles. The molecule has 1 rings (SSSR count). The lowest BCUT2D eigenvalue weighted by molar-refractivity contribution is 0.521. The van der Waals surface area contributed by atoms with E-state index in [1.165, 1.54) is 24.7 Å². The van der Waals surface area contributed by atoms with Crippen LogP contribution in [0.2, 0.25) is 0 Å². The fourth-order valence-corrected chi connectivity index (χ4v) is 2.23. The summed E-state index contributed by atoms with van der Waals surface area (Å²) in [5, 5.41) is 3.00. The molecule has 0 atom stereocenters. The molecule has 108 valence electrons. The van der Waals surface area contributed by atoms with E-state index in [1.54, 1.807) is 0 Å². The lowest BCUT2D eigenvalue weighted by Gasteiger charge is -2.14. The van der Waals surface area contributed by atoms with Crippen LogP contribution in [0.4, 0.5) is 11.6 Å². The van der Waals surface area contributed by atoms with Crippen molar-refractivity contribution in [3.63, 3.8) is 0 Å². The number of hydrogen-bond donors (Lipinski definition) is 3. The highest BCUT2D eigenvalue weighted by Crippen LogP contribution is 2.19. The van der Waals surface area contributed by atoms with Gasteiger partial charge in [0, 0.05) is 26.2 Å². The second-order valence-corrected chi connectivity index (χ2v) is 6.37. The van der Waals surface area contributed by atoms with Gasteiger partial charge in [0.1, 0.15) is 18.0 Å². The van der Waals surface area contributed by atoms with Gasteiger partial charge in [-0.25, -0.2) is 28.5 Å². The number of nitrogens with one attached hydrogen (secondary N) is 2. The smallest absolute Gasteiger partial charge is 0.215 e. The first-order valence-corrected chi connectivity index (χ1v) is 7.47. The van der Waals surface area contributed by atoms with Crippen molar-refractivity contribution in [3.8, 4) is 0 Å². The number of rotatable bonds is 7. The van der Waals surface area contributed by atoms with Crippen LogP contribution in [0.25, 0.3) is 0 Å². The first-order chi connectivity index (χ1) is 8.92.